The molecule has 1 N–H and O–H groups in total. The SMILES string of the molecule is COC(=O)C(Cl)CNC(=O)c1scc(C)c1Cl. The number of carbonyl (C=O) groups is 2. The van der Waals surface area contributed by atoms with E-state index in [1.54, 1.807) is 5.38 Å². The quantitative estimate of drug-likeness (QED) is 0.684. The molecule has 1 atom stereocenters. The van der Waals surface area contributed by atoms with Gasteiger partial charge in [0.1, 0.15) is 10.3 Å². The maximum atomic E-state index is 11.7. The monoisotopic (exact) mass is 295 g/mol. The number of halogens is 2. The number of esters is 1. The van der Waals surface area contributed by atoms with Crippen molar-refractivity contribution in [3.8, 4) is 0 Å². The standard InChI is InChI=1S/C10H11Cl2NO3S/c1-5-4-17-8(7(5)12)9(14)13-3-6(11)10(15)16-2/h4,6H,3H2,1-2H3,(H,13,14). The molecule has 4 nitrogen and oxygen atoms in total. The summed E-state index contributed by atoms with van der Waals surface area (Å²) in [6.45, 7) is 1.81. The molecule has 0 spiro atoms. The van der Waals surface area contributed by atoms with Crippen LogP contribution < -0.4 is 5.32 Å². The number of hydrogen-bond donors (Lipinski definition) is 1. The summed E-state index contributed by atoms with van der Waals surface area (Å²) >= 11 is 12.9. The van der Waals surface area contributed by atoms with Gasteiger partial charge in [0.2, 0.25) is 0 Å². The molecule has 0 aliphatic carbocycles. The van der Waals surface area contributed by atoms with Crippen LogP contribution in [0, 0.1) is 6.92 Å². The van der Waals surface area contributed by atoms with Crippen molar-refractivity contribution in [2.75, 3.05) is 13.7 Å². The van der Waals surface area contributed by atoms with Gasteiger partial charge in [-0.1, -0.05) is 11.6 Å². The zero-order chi connectivity index (χ0) is 13.0. The first-order valence-corrected chi connectivity index (χ1v) is 6.40. The van der Waals surface area contributed by atoms with Crippen LogP contribution in [0.1, 0.15) is 15.2 Å². The molecule has 0 aliphatic heterocycles. The Labute approximate surface area is 113 Å². The Morgan fingerprint density at radius 2 is 2.24 bits per heavy atom. The Kier molecular flexibility index (Phi) is 5.24. The van der Waals surface area contributed by atoms with E-state index in [0.29, 0.717) is 9.90 Å². The van der Waals surface area contributed by atoms with Crippen LogP contribution >= 0.6 is 34.5 Å². The predicted molar refractivity (Wildman–Crippen MR) is 68.1 cm³/mol. The van der Waals surface area contributed by atoms with Crippen LogP contribution in [0.25, 0.3) is 0 Å². The van der Waals surface area contributed by atoms with Gasteiger partial charge in [-0.25, -0.2) is 0 Å². The largest absolute Gasteiger partial charge is 0.468 e. The lowest BCUT2D eigenvalue weighted by molar-refractivity contribution is -0.140. The molecule has 1 amide bonds. The summed E-state index contributed by atoms with van der Waals surface area (Å²) in [5, 5.41) is 3.84. The first-order chi connectivity index (χ1) is 7.97. The van der Waals surface area contributed by atoms with Crippen LogP contribution in [-0.2, 0) is 9.53 Å². The van der Waals surface area contributed by atoms with Gasteiger partial charge in [-0.3, -0.25) is 9.59 Å². The summed E-state index contributed by atoms with van der Waals surface area (Å²) in [6.07, 6.45) is 0. The molecule has 0 radical (unpaired) electrons. The zero-order valence-electron chi connectivity index (χ0n) is 9.25. The first kappa shape index (κ1) is 14.3. The van der Waals surface area contributed by atoms with Crippen LogP contribution in [0.15, 0.2) is 5.38 Å². The lowest BCUT2D eigenvalue weighted by Crippen LogP contribution is -2.33. The van der Waals surface area contributed by atoms with Crippen molar-refractivity contribution in [1.82, 2.24) is 5.32 Å². The topological polar surface area (TPSA) is 55.4 Å². The highest BCUT2D eigenvalue weighted by Crippen LogP contribution is 2.26. The molecule has 0 fully saturated rings. The van der Waals surface area contributed by atoms with Gasteiger partial charge < -0.3 is 10.1 Å². The average molecular weight is 296 g/mol. The Balaban J connectivity index is 2.56. The lowest BCUT2D eigenvalue weighted by atomic mass is 10.3. The van der Waals surface area contributed by atoms with E-state index in [4.69, 9.17) is 23.2 Å². The van der Waals surface area contributed by atoms with Gasteiger partial charge in [0.15, 0.2) is 0 Å². The third kappa shape index (κ3) is 3.59. The van der Waals surface area contributed by atoms with E-state index in [1.165, 1.54) is 18.4 Å². The molecule has 1 aromatic rings. The Bertz CT molecular complexity index is 433. The summed E-state index contributed by atoms with van der Waals surface area (Å²) in [5.41, 5.74) is 0.845. The Hall–Kier alpha value is -0.780. The number of methoxy groups -OCH3 is 1. The molecule has 0 aromatic carbocycles. The maximum absolute atomic E-state index is 11.7. The van der Waals surface area contributed by atoms with Gasteiger partial charge in [0, 0.05) is 6.54 Å². The van der Waals surface area contributed by atoms with Crippen molar-refractivity contribution < 1.29 is 14.3 Å². The minimum atomic E-state index is -0.899. The molecule has 1 heterocycles. The molecule has 1 unspecified atom stereocenters. The van der Waals surface area contributed by atoms with Gasteiger partial charge in [-0.15, -0.1) is 22.9 Å². The summed E-state index contributed by atoms with van der Waals surface area (Å²) in [5.74, 6) is -0.928. The molecule has 17 heavy (non-hydrogen) atoms. The van der Waals surface area contributed by atoms with E-state index in [9.17, 15) is 9.59 Å². The van der Waals surface area contributed by atoms with Gasteiger partial charge >= 0.3 is 5.97 Å². The molecule has 0 aliphatic rings. The van der Waals surface area contributed by atoms with Crippen molar-refractivity contribution in [3.05, 3.63) is 20.8 Å². The fraction of sp³-hybridized carbons (Fsp3) is 0.400. The van der Waals surface area contributed by atoms with E-state index < -0.39 is 11.3 Å². The predicted octanol–water partition coefficient (Wildman–Crippen LogP) is 2.22. The normalized spacial score (nSPS) is 12.0. The molecule has 0 bridgehead atoms. The summed E-state index contributed by atoms with van der Waals surface area (Å²) in [6, 6.07) is 0. The number of aryl methyl sites for hydroxylation is 1. The Morgan fingerprint density at radius 3 is 2.71 bits per heavy atom. The van der Waals surface area contributed by atoms with Crippen LogP contribution in [0.3, 0.4) is 0 Å². The maximum Gasteiger partial charge on any atom is 0.325 e. The highest BCUT2D eigenvalue weighted by Gasteiger charge is 2.19. The van der Waals surface area contributed by atoms with Gasteiger partial charge in [0.05, 0.1) is 12.1 Å². The summed E-state index contributed by atoms with van der Waals surface area (Å²) in [4.78, 5) is 23.1. The van der Waals surface area contributed by atoms with Crippen molar-refractivity contribution >= 4 is 46.4 Å². The number of rotatable bonds is 4. The number of thiophene rings is 1. The number of nitrogens with one attached hydrogen (secondary N) is 1. The number of hydrogen-bond acceptors (Lipinski definition) is 4. The molecule has 1 rings (SSSR count). The second-order valence-electron chi connectivity index (χ2n) is 3.26. The molecular weight excluding hydrogens is 285 g/mol. The van der Waals surface area contributed by atoms with Crippen molar-refractivity contribution in [2.24, 2.45) is 0 Å². The lowest BCUT2D eigenvalue weighted by Gasteiger charge is -2.08. The molecule has 94 valence electrons. The second kappa shape index (κ2) is 6.23. The first-order valence-electron chi connectivity index (χ1n) is 4.71. The highest BCUT2D eigenvalue weighted by molar-refractivity contribution is 7.13. The van der Waals surface area contributed by atoms with Crippen LogP contribution in [0.2, 0.25) is 5.02 Å². The molecule has 1 aromatic heterocycles. The molecule has 0 saturated carbocycles. The van der Waals surface area contributed by atoms with Crippen LogP contribution in [0.5, 0.6) is 0 Å². The number of alkyl halides is 1. The smallest absolute Gasteiger partial charge is 0.325 e. The van der Waals surface area contributed by atoms with Gasteiger partial charge in [0.25, 0.3) is 5.91 Å². The third-order valence-electron chi connectivity index (χ3n) is 2.00. The molecule has 7 heteroatoms. The fourth-order valence-electron chi connectivity index (χ4n) is 1.06. The van der Waals surface area contributed by atoms with E-state index in [0.717, 1.165) is 5.56 Å². The van der Waals surface area contributed by atoms with E-state index in [-0.39, 0.29) is 12.5 Å². The number of amides is 1. The summed E-state index contributed by atoms with van der Waals surface area (Å²) in [7, 11) is 1.24. The van der Waals surface area contributed by atoms with Crippen molar-refractivity contribution in [3.63, 3.8) is 0 Å². The van der Waals surface area contributed by atoms with Crippen molar-refractivity contribution in [1.29, 1.82) is 0 Å². The highest BCUT2D eigenvalue weighted by atomic mass is 35.5. The average Bonchev–Trinajstić information content (AvgIpc) is 2.65. The minimum absolute atomic E-state index is 0.000336. The zero-order valence-corrected chi connectivity index (χ0v) is 11.6. The van der Waals surface area contributed by atoms with Crippen molar-refractivity contribution in [2.45, 2.75) is 12.3 Å². The van der Waals surface area contributed by atoms with Gasteiger partial charge in [-0.2, -0.15) is 0 Å². The van der Waals surface area contributed by atoms with E-state index in [2.05, 4.69) is 10.1 Å². The van der Waals surface area contributed by atoms with Crippen LogP contribution in [-0.4, -0.2) is 30.9 Å². The minimum Gasteiger partial charge on any atom is -0.468 e. The second-order valence-corrected chi connectivity index (χ2v) is 5.05. The van der Waals surface area contributed by atoms with E-state index >= 15 is 0 Å². The third-order valence-corrected chi connectivity index (χ3v) is 4.03. The van der Waals surface area contributed by atoms with Crippen LogP contribution in [0.4, 0.5) is 0 Å². The fourth-order valence-corrected chi connectivity index (χ4v) is 2.42. The van der Waals surface area contributed by atoms with Gasteiger partial charge in [-0.05, 0) is 17.9 Å². The Morgan fingerprint density at radius 1 is 1.59 bits per heavy atom. The molecule has 0 saturated heterocycles. The summed E-state index contributed by atoms with van der Waals surface area (Å²) < 4.78 is 4.43. The number of carbonyl (C=O) groups excluding carboxylic acids is 2. The molecular formula is C10H11Cl2NO3S. The number of ether oxygens (including phenoxy) is 1. The van der Waals surface area contributed by atoms with E-state index in [1.807, 2.05) is 6.92 Å².